The number of thiophene rings is 2. The lowest BCUT2D eigenvalue weighted by Gasteiger charge is -2.19. The number of urea groups is 1. The molecule has 2 aromatic heterocycles. The summed E-state index contributed by atoms with van der Waals surface area (Å²) in [6.45, 7) is 0.134. The van der Waals surface area contributed by atoms with Crippen molar-refractivity contribution in [1.82, 2.24) is 5.06 Å². The van der Waals surface area contributed by atoms with Gasteiger partial charge in [0.2, 0.25) is 0 Å². The summed E-state index contributed by atoms with van der Waals surface area (Å²) in [6, 6.07) is 19.8. The number of hydrogen-bond donors (Lipinski definition) is 2. The van der Waals surface area contributed by atoms with E-state index in [2.05, 4.69) is 36.4 Å². The third-order valence-corrected chi connectivity index (χ3v) is 6.65. The molecule has 4 rings (SSSR count). The maximum Gasteiger partial charge on any atom is 0.338 e. The zero-order valence-electron chi connectivity index (χ0n) is 13.3. The monoisotopic (exact) mass is 368 g/mol. The van der Waals surface area contributed by atoms with Crippen LogP contribution in [0.3, 0.4) is 0 Å². The first kappa shape index (κ1) is 16.1. The van der Waals surface area contributed by atoms with Gasteiger partial charge in [0.05, 0.1) is 6.54 Å². The Morgan fingerprint density at radius 3 is 1.88 bits per heavy atom. The molecule has 0 unspecified atom stereocenters. The summed E-state index contributed by atoms with van der Waals surface area (Å²) in [6.07, 6.45) is 0. The number of carbonyl (C=O) groups excluding carboxylic acids is 1. The Morgan fingerprint density at radius 1 is 0.960 bits per heavy atom. The van der Waals surface area contributed by atoms with E-state index in [9.17, 15) is 10.0 Å². The van der Waals surface area contributed by atoms with Crippen LogP contribution < -0.4 is 5.73 Å². The van der Waals surface area contributed by atoms with E-state index < -0.39 is 6.03 Å². The molecule has 0 spiro atoms. The van der Waals surface area contributed by atoms with Crippen LogP contribution >= 0.6 is 22.7 Å². The van der Waals surface area contributed by atoms with E-state index in [0.717, 1.165) is 20.5 Å². The number of fused-ring (bicyclic) bond motifs is 2. The Kier molecular flexibility index (Phi) is 4.17. The van der Waals surface area contributed by atoms with Crippen molar-refractivity contribution in [2.75, 3.05) is 6.54 Å². The van der Waals surface area contributed by atoms with Crippen molar-refractivity contribution in [3.05, 3.63) is 70.4 Å². The quantitative estimate of drug-likeness (QED) is 0.392. The number of rotatable bonds is 4. The van der Waals surface area contributed by atoms with Crippen LogP contribution in [0.15, 0.2) is 60.7 Å². The van der Waals surface area contributed by atoms with Gasteiger partial charge in [-0.2, -0.15) is 0 Å². The van der Waals surface area contributed by atoms with Gasteiger partial charge in [-0.25, -0.2) is 9.86 Å². The van der Waals surface area contributed by atoms with Crippen molar-refractivity contribution < 1.29 is 10.0 Å². The first-order valence-electron chi connectivity index (χ1n) is 7.84. The number of benzene rings is 2. The number of primary amides is 1. The van der Waals surface area contributed by atoms with Crippen LogP contribution in [0.25, 0.3) is 20.2 Å². The maximum absolute atomic E-state index is 11.3. The van der Waals surface area contributed by atoms with Gasteiger partial charge in [0, 0.05) is 25.1 Å². The van der Waals surface area contributed by atoms with Gasteiger partial charge in [-0.05, 0) is 35.0 Å². The van der Waals surface area contributed by atoms with Gasteiger partial charge in [-0.15, -0.1) is 22.7 Å². The highest BCUT2D eigenvalue weighted by atomic mass is 32.1. The fraction of sp³-hybridized carbons (Fsp3) is 0.105. The van der Waals surface area contributed by atoms with Gasteiger partial charge >= 0.3 is 6.03 Å². The highest BCUT2D eigenvalue weighted by Crippen LogP contribution is 2.39. The van der Waals surface area contributed by atoms with E-state index >= 15 is 0 Å². The predicted octanol–water partition coefficient (Wildman–Crippen LogP) is 5.02. The first-order valence-corrected chi connectivity index (χ1v) is 9.48. The molecule has 126 valence electrons. The molecule has 2 heterocycles. The normalized spacial score (nSPS) is 11.4. The number of nitrogens with zero attached hydrogens (tertiary/aromatic N) is 1. The number of hydroxylamine groups is 2. The molecule has 0 saturated carbocycles. The van der Waals surface area contributed by atoms with E-state index in [-0.39, 0.29) is 12.5 Å². The third kappa shape index (κ3) is 3.11. The summed E-state index contributed by atoms with van der Waals surface area (Å²) in [5.41, 5.74) is 5.23. The molecule has 4 nitrogen and oxygen atoms in total. The first-order chi connectivity index (χ1) is 12.1. The summed E-state index contributed by atoms with van der Waals surface area (Å²) < 4.78 is 2.37. The lowest BCUT2D eigenvalue weighted by Crippen LogP contribution is -2.35. The van der Waals surface area contributed by atoms with Gasteiger partial charge in [0.1, 0.15) is 0 Å². The molecule has 0 atom stereocenters. The van der Waals surface area contributed by atoms with Crippen molar-refractivity contribution in [1.29, 1.82) is 0 Å². The topological polar surface area (TPSA) is 66.6 Å². The van der Waals surface area contributed by atoms with Crippen LogP contribution in [-0.2, 0) is 0 Å². The van der Waals surface area contributed by atoms with Gasteiger partial charge in [-0.1, -0.05) is 36.4 Å². The Labute approximate surface area is 152 Å². The summed E-state index contributed by atoms with van der Waals surface area (Å²) in [4.78, 5) is 13.6. The molecule has 25 heavy (non-hydrogen) atoms. The van der Waals surface area contributed by atoms with E-state index in [0.29, 0.717) is 5.06 Å². The molecule has 0 bridgehead atoms. The average molecular weight is 368 g/mol. The number of nitrogens with two attached hydrogens (primary N) is 1. The predicted molar refractivity (Wildman–Crippen MR) is 104 cm³/mol. The molecule has 0 aliphatic rings. The van der Waals surface area contributed by atoms with E-state index in [1.165, 1.54) is 9.40 Å². The molecular weight excluding hydrogens is 352 g/mol. The highest BCUT2D eigenvalue weighted by Gasteiger charge is 2.23. The van der Waals surface area contributed by atoms with Gasteiger partial charge in [0.25, 0.3) is 0 Å². The Morgan fingerprint density at radius 2 is 1.44 bits per heavy atom. The van der Waals surface area contributed by atoms with Crippen molar-refractivity contribution in [3.8, 4) is 0 Å². The molecule has 3 N–H and O–H groups in total. The van der Waals surface area contributed by atoms with Crippen LogP contribution in [0.5, 0.6) is 0 Å². The molecule has 0 aliphatic carbocycles. The van der Waals surface area contributed by atoms with Crippen LogP contribution in [0.1, 0.15) is 15.7 Å². The highest BCUT2D eigenvalue weighted by molar-refractivity contribution is 7.20. The van der Waals surface area contributed by atoms with Gasteiger partial charge < -0.3 is 5.73 Å². The van der Waals surface area contributed by atoms with Crippen LogP contribution in [-0.4, -0.2) is 22.8 Å². The van der Waals surface area contributed by atoms with Crippen molar-refractivity contribution in [2.45, 2.75) is 5.92 Å². The molecule has 2 aromatic carbocycles. The Hall–Kier alpha value is -2.41. The lowest BCUT2D eigenvalue weighted by atomic mass is 10.0. The SMILES string of the molecule is NC(=O)N(O)CC(c1cc2ccccc2s1)c1cc2ccccc2s1. The summed E-state index contributed by atoms with van der Waals surface area (Å²) in [5, 5.41) is 12.9. The standard InChI is InChI=1S/C19H16N2O2S2/c20-19(22)21(23)11-14(17-9-12-5-1-3-7-15(12)24-17)18-10-13-6-2-4-8-16(13)25-18/h1-10,14,23H,11H2,(H2,20,22). The Balaban J connectivity index is 1.81. The summed E-state index contributed by atoms with van der Waals surface area (Å²) in [5.74, 6) is -0.118. The minimum atomic E-state index is -0.841. The van der Waals surface area contributed by atoms with E-state index in [4.69, 9.17) is 5.73 Å². The van der Waals surface area contributed by atoms with Crippen LogP contribution in [0.2, 0.25) is 0 Å². The second kappa shape index (κ2) is 6.48. The zero-order valence-corrected chi connectivity index (χ0v) is 14.9. The molecular formula is C19H16N2O2S2. The number of carbonyl (C=O) groups is 1. The second-order valence-corrected chi connectivity index (χ2v) is 8.08. The minimum Gasteiger partial charge on any atom is -0.350 e. The zero-order chi connectivity index (χ0) is 17.4. The molecule has 2 amide bonds. The van der Waals surface area contributed by atoms with Gasteiger partial charge in [0.15, 0.2) is 0 Å². The molecule has 0 aliphatic heterocycles. The van der Waals surface area contributed by atoms with Crippen molar-refractivity contribution >= 4 is 48.9 Å². The molecule has 0 fully saturated rings. The van der Waals surface area contributed by atoms with Crippen LogP contribution in [0, 0.1) is 0 Å². The largest absolute Gasteiger partial charge is 0.350 e. The van der Waals surface area contributed by atoms with Gasteiger partial charge in [-0.3, -0.25) is 5.21 Å². The second-order valence-electron chi connectivity index (χ2n) is 5.85. The third-order valence-electron chi connectivity index (χ3n) is 4.19. The van der Waals surface area contributed by atoms with Crippen molar-refractivity contribution in [2.24, 2.45) is 5.73 Å². The maximum atomic E-state index is 11.3. The van der Waals surface area contributed by atoms with E-state index in [1.807, 2.05) is 24.3 Å². The van der Waals surface area contributed by atoms with Crippen LogP contribution in [0.4, 0.5) is 4.79 Å². The number of hydrogen-bond acceptors (Lipinski definition) is 4. The fourth-order valence-corrected chi connectivity index (χ4v) is 5.36. The smallest absolute Gasteiger partial charge is 0.338 e. The summed E-state index contributed by atoms with van der Waals surface area (Å²) in [7, 11) is 0. The van der Waals surface area contributed by atoms with Crippen molar-refractivity contribution in [3.63, 3.8) is 0 Å². The molecule has 0 radical (unpaired) electrons. The Bertz CT molecular complexity index is 914. The molecule has 4 aromatic rings. The minimum absolute atomic E-state index is 0.118. The lowest BCUT2D eigenvalue weighted by molar-refractivity contribution is -0.0411. The number of amides is 2. The fourth-order valence-electron chi connectivity index (χ4n) is 2.93. The average Bonchev–Trinajstić information content (AvgIpc) is 3.22. The molecule has 0 saturated heterocycles. The van der Waals surface area contributed by atoms with E-state index in [1.54, 1.807) is 22.7 Å². The summed E-state index contributed by atoms with van der Waals surface area (Å²) >= 11 is 3.36. The molecule has 6 heteroatoms.